The summed E-state index contributed by atoms with van der Waals surface area (Å²) in [5.41, 5.74) is 0.968. The first-order valence-electron chi connectivity index (χ1n) is 5.99. The minimum atomic E-state index is -0.205. The first-order valence-corrected chi connectivity index (χ1v) is 5.99. The zero-order valence-electron chi connectivity index (χ0n) is 10.0. The summed E-state index contributed by atoms with van der Waals surface area (Å²) in [6.45, 7) is 1.46. The fourth-order valence-electron chi connectivity index (χ4n) is 2.06. The number of nitrogens with zero attached hydrogens (tertiary/aromatic N) is 2. The van der Waals surface area contributed by atoms with Crippen LogP contribution in [0.5, 0.6) is 5.75 Å². The van der Waals surface area contributed by atoms with Crippen LogP contribution in [0.3, 0.4) is 0 Å². The van der Waals surface area contributed by atoms with Gasteiger partial charge in [-0.1, -0.05) is 17.3 Å². The number of benzene rings is 1. The van der Waals surface area contributed by atoms with E-state index in [1.807, 2.05) is 0 Å². The van der Waals surface area contributed by atoms with Crippen molar-refractivity contribution >= 4 is 11.6 Å². The fourth-order valence-corrected chi connectivity index (χ4v) is 2.06. The predicted octanol–water partition coefficient (Wildman–Crippen LogP) is 1.39. The highest BCUT2D eigenvalue weighted by Gasteiger charge is 2.23. The van der Waals surface area contributed by atoms with Crippen LogP contribution in [0.2, 0.25) is 0 Å². The van der Waals surface area contributed by atoms with Gasteiger partial charge in [-0.15, -0.1) is 0 Å². The molecule has 1 amide bonds. The molecule has 5 nitrogen and oxygen atoms in total. The lowest BCUT2D eigenvalue weighted by molar-refractivity contribution is -0.123. The molecule has 18 heavy (non-hydrogen) atoms. The fraction of sp³-hybridized carbons (Fsp3) is 0.385. The van der Waals surface area contributed by atoms with Gasteiger partial charge in [-0.25, -0.2) is 0 Å². The van der Waals surface area contributed by atoms with Crippen molar-refractivity contribution in [3.8, 4) is 5.75 Å². The summed E-state index contributed by atoms with van der Waals surface area (Å²) in [4.78, 5) is 13.7. The molecule has 2 rings (SSSR count). The molecule has 0 atom stereocenters. The van der Waals surface area contributed by atoms with Gasteiger partial charge in [0.1, 0.15) is 11.5 Å². The maximum absolute atomic E-state index is 12.0. The molecule has 0 unspecified atom stereocenters. The molecule has 96 valence electrons. The molecule has 2 N–H and O–H groups in total. The summed E-state index contributed by atoms with van der Waals surface area (Å²) < 4.78 is 0. The van der Waals surface area contributed by atoms with E-state index in [2.05, 4.69) is 5.16 Å². The van der Waals surface area contributed by atoms with E-state index in [4.69, 9.17) is 5.21 Å². The number of phenols is 1. The highest BCUT2D eigenvalue weighted by Crippen LogP contribution is 2.13. The number of hydrogen-bond acceptors (Lipinski definition) is 4. The van der Waals surface area contributed by atoms with Gasteiger partial charge in [-0.3, -0.25) is 4.79 Å². The predicted molar refractivity (Wildman–Crippen MR) is 66.8 cm³/mol. The number of carbonyl (C=O) groups is 1. The van der Waals surface area contributed by atoms with Crippen LogP contribution in [0.15, 0.2) is 29.4 Å². The van der Waals surface area contributed by atoms with E-state index in [1.54, 1.807) is 29.2 Å². The van der Waals surface area contributed by atoms with Crippen molar-refractivity contribution in [2.45, 2.75) is 19.3 Å². The van der Waals surface area contributed by atoms with Crippen molar-refractivity contribution in [2.24, 2.45) is 5.16 Å². The van der Waals surface area contributed by atoms with Gasteiger partial charge >= 0.3 is 0 Å². The molecule has 0 bridgehead atoms. The average Bonchev–Trinajstić information content (AvgIpc) is 2.91. The largest absolute Gasteiger partial charge is 0.508 e. The quantitative estimate of drug-likeness (QED) is 0.482. The number of hydrogen-bond donors (Lipinski definition) is 2. The minimum absolute atomic E-state index is 0.141. The van der Waals surface area contributed by atoms with Gasteiger partial charge in [0, 0.05) is 19.5 Å². The average molecular weight is 248 g/mol. The molecular weight excluding hydrogens is 232 g/mol. The highest BCUT2D eigenvalue weighted by atomic mass is 16.4. The number of phenolic OH excluding ortho intramolecular Hbond substituents is 1. The van der Waals surface area contributed by atoms with E-state index in [1.165, 1.54) is 0 Å². The topological polar surface area (TPSA) is 73.1 Å². The lowest BCUT2D eigenvalue weighted by Gasteiger charge is -2.15. The Morgan fingerprint density at radius 3 is 2.39 bits per heavy atom. The summed E-state index contributed by atoms with van der Waals surface area (Å²) in [5, 5.41) is 21.3. The van der Waals surface area contributed by atoms with Crippen molar-refractivity contribution in [3.63, 3.8) is 0 Å². The summed E-state index contributed by atoms with van der Waals surface area (Å²) >= 11 is 0. The van der Waals surface area contributed by atoms with E-state index in [0.717, 1.165) is 31.5 Å². The second-order valence-electron chi connectivity index (χ2n) is 4.39. The Hall–Kier alpha value is -2.04. The monoisotopic (exact) mass is 248 g/mol. The van der Waals surface area contributed by atoms with Crippen LogP contribution < -0.4 is 0 Å². The molecule has 1 saturated heterocycles. The van der Waals surface area contributed by atoms with E-state index in [9.17, 15) is 9.90 Å². The summed E-state index contributed by atoms with van der Waals surface area (Å²) in [7, 11) is 0. The van der Waals surface area contributed by atoms with Crippen LogP contribution in [0.1, 0.15) is 18.4 Å². The number of oxime groups is 1. The third-order valence-corrected chi connectivity index (χ3v) is 3.07. The van der Waals surface area contributed by atoms with E-state index >= 15 is 0 Å². The maximum atomic E-state index is 12.0. The van der Waals surface area contributed by atoms with Gasteiger partial charge in [0.05, 0.1) is 0 Å². The van der Waals surface area contributed by atoms with Crippen LogP contribution in [-0.4, -0.2) is 39.9 Å². The van der Waals surface area contributed by atoms with Crippen LogP contribution >= 0.6 is 0 Å². The van der Waals surface area contributed by atoms with Crippen LogP contribution in [0.4, 0.5) is 0 Å². The summed E-state index contributed by atoms with van der Waals surface area (Å²) in [6.07, 6.45) is 2.28. The molecule has 0 aromatic heterocycles. The number of rotatable bonds is 3. The first-order chi connectivity index (χ1) is 8.70. The molecule has 1 aliphatic rings. The summed E-state index contributed by atoms with van der Waals surface area (Å²) in [5.74, 6) is -0.0322. The van der Waals surface area contributed by atoms with Crippen molar-refractivity contribution in [1.29, 1.82) is 0 Å². The Morgan fingerprint density at radius 2 is 1.83 bits per heavy atom. The van der Waals surface area contributed by atoms with Gasteiger partial charge in [-0.2, -0.15) is 0 Å². The second kappa shape index (κ2) is 5.53. The molecule has 1 aromatic rings. The van der Waals surface area contributed by atoms with Crippen molar-refractivity contribution in [3.05, 3.63) is 29.8 Å². The molecule has 1 aromatic carbocycles. The van der Waals surface area contributed by atoms with Crippen LogP contribution in [-0.2, 0) is 11.2 Å². The molecule has 1 aliphatic heterocycles. The zero-order chi connectivity index (χ0) is 13.0. The number of amides is 1. The molecule has 0 radical (unpaired) electrons. The minimum Gasteiger partial charge on any atom is -0.508 e. The lowest BCUT2D eigenvalue weighted by Crippen LogP contribution is -2.35. The lowest BCUT2D eigenvalue weighted by atomic mass is 10.1. The van der Waals surface area contributed by atoms with Crippen LogP contribution in [0.25, 0.3) is 0 Å². The maximum Gasteiger partial charge on any atom is 0.271 e. The van der Waals surface area contributed by atoms with Crippen molar-refractivity contribution < 1.29 is 15.1 Å². The normalized spacial score (nSPS) is 16.0. The second-order valence-corrected chi connectivity index (χ2v) is 4.39. The summed E-state index contributed by atoms with van der Waals surface area (Å²) in [6, 6.07) is 6.50. The Balaban J connectivity index is 2.05. The van der Waals surface area contributed by atoms with Gasteiger partial charge in [0.15, 0.2) is 0 Å². The standard InChI is InChI=1S/C13H16N2O3/c16-11-5-3-10(4-6-11)9-12(14-18)13(17)15-7-1-2-8-15/h3-6,16,18H,1-2,7-9H2/b14-12+. The molecule has 0 spiro atoms. The molecule has 1 heterocycles. The molecule has 5 heteroatoms. The van der Waals surface area contributed by atoms with Gasteiger partial charge in [0.25, 0.3) is 5.91 Å². The molecule has 0 saturated carbocycles. The number of carbonyl (C=O) groups excluding carboxylic acids is 1. The van der Waals surface area contributed by atoms with Crippen molar-refractivity contribution in [2.75, 3.05) is 13.1 Å². The number of aromatic hydroxyl groups is 1. The molecular formula is C13H16N2O3. The van der Waals surface area contributed by atoms with E-state index in [0.29, 0.717) is 0 Å². The Kier molecular flexibility index (Phi) is 3.82. The SMILES string of the molecule is O=C(/C(Cc1ccc(O)cc1)=N/O)N1CCCC1. The third-order valence-electron chi connectivity index (χ3n) is 3.07. The third kappa shape index (κ3) is 2.80. The highest BCUT2D eigenvalue weighted by molar-refractivity contribution is 6.39. The molecule has 1 fully saturated rings. The van der Waals surface area contributed by atoms with Crippen LogP contribution in [0, 0.1) is 0 Å². The first kappa shape index (κ1) is 12.4. The Labute approximate surface area is 105 Å². The van der Waals surface area contributed by atoms with Gasteiger partial charge in [-0.05, 0) is 30.5 Å². The van der Waals surface area contributed by atoms with Crippen molar-refractivity contribution in [1.82, 2.24) is 4.90 Å². The van der Waals surface area contributed by atoms with E-state index in [-0.39, 0.29) is 23.8 Å². The Bertz CT molecular complexity index is 448. The molecule has 0 aliphatic carbocycles. The number of likely N-dealkylation sites (tertiary alicyclic amines) is 1. The van der Waals surface area contributed by atoms with Gasteiger partial charge in [0.2, 0.25) is 0 Å². The van der Waals surface area contributed by atoms with Gasteiger partial charge < -0.3 is 15.2 Å². The smallest absolute Gasteiger partial charge is 0.271 e. The Morgan fingerprint density at radius 1 is 1.22 bits per heavy atom. The van der Waals surface area contributed by atoms with E-state index < -0.39 is 0 Å². The zero-order valence-corrected chi connectivity index (χ0v) is 10.0.